The van der Waals surface area contributed by atoms with Crippen LogP contribution in [-0.2, 0) is 16.1 Å². The number of amides is 2. The lowest BCUT2D eigenvalue weighted by Crippen LogP contribution is -2.37. The smallest absolute Gasteiger partial charge is 0.255 e. The van der Waals surface area contributed by atoms with Crippen LogP contribution in [0.5, 0.6) is 11.5 Å². The van der Waals surface area contributed by atoms with E-state index in [2.05, 4.69) is 11.4 Å². The lowest BCUT2D eigenvalue weighted by Gasteiger charge is -2.19. The zero-order chi connectivity index (χ0) is 17.6. The molecule has 2 rings (SSSR count). The lowest BCUT2D eigenvalue weighted by atomic mass is 9.87. The highest BCUT2D eigenvalue weighted by molar-refractivity contribution is 5.85. The molecular formula is C17H21N3O4. The summed E-state index contributed by atoms with van der Waals surface area (Å²) in [6.07, 6.45) is 3.03. The molecule has 0 aromatic heterocycles. The molecule has 0 spiro atoms. The molecule has 128 valence electrons. The van der Waals surface area contributed by atoms with Crippen LogP contribution in [0.25, 0.3) is 0 Å². The minimum absolute atomic E-state index is 0.226. The number of primary amides is 1. The number of nitrogens with two attached hydrogens (primary N) is 1. The van der Waals surface area contributed by atoms with Gasteiger partial charge in [0.05, 0.1) is 13.2 Å². The van der Waals surface area contributed by atoms with E-state index in [1.54, 1.807) is 18.2 Å². The van der Waals surface area contributed by atoms with E-state index in [-0.39, 0.29) is 19.1 Å². The molecule has 1 aliphatic rings. The van der Waals surface area contributed by atoms with E-state index in [0.717, 1.165) is 18.4 Å². The van der Waals surface area contributed by atoms with Crippen molar-refractivity contribution < 1.29 is 19.1 Å². The minimum atomic E-state index is -0.894. The molecule has 1 aromatic rings. The van der Waals surface area contributed by atoms with Gasteiger partial charge in [-0.1, -0.05) is 18.9 Å². The molecular weight excluding hydrogens is 310 g/mol. The van der Waals surface area contributed by atoms with Crippen LogP contribution in [0.3, 0.4) is 0 Å². The van der Waals surface area contributed by atoms with E-state index < -0.39 is 11.3 Å². The van der Waals surface area contributed by atoms with Crippen LogP contribution in [0, 0.1) is 16.7 Å². The topological polar surface area (TPSA) is 114 Å². The maximum atomic E-state index is 12.3. The van der Waals surface area contributed by atoms with Crippen LogP contribution in [0.1, 0.15) is 31.2 Å². The minimum Gasteiger partial charge on any atom is -0.493 e. The van der Waals surface area contributed by atoms with E-state index in [4.69, 9.17) is 15.2 Å². The maximum Gasteiger partial charge on any atom is 0.255 e. The van der Waals surface area contributed by atoms with Crippen LogP contribution >= 0.6 is 0 Å². The molecule has 1 aliphatic carbocycles. The Morgan fingerprint density at radius 2 is 2.04 bits per heavy atom. The van der Waals surface area contributed by atoms with Crippen molar-refractivity contribution in [3.63, 3.8) is 0 Å². The summed E-state index contributed by atoms with van der Waals surface area (Å²) in [7, 11) is 1.48. The summed E-state index contributed by atoms with van der Waals surface area (Å²) >= 11 is 0. The predicted molar refractivity (Wildman–Crippen MR) is 86.0 cm³/mol. The second-order valence-electron chi connectivity index (χ2n) is 5.82. The van der Waals surface area contributed by atoms with Crippen molar-refractivity contribution in [2.45, 2.75) is 32.2 Å². The number of nitriles is 1. The van der Waals surface area contributed by atoms with Gasteiger partial charge in [-0.15, -0.1) is 0 Å². The molecule has 1 fully saturated rings. The fourth-order valence-corrected chi connectivity index (χ4v) is 2.81. The summed E-state index contributed by atoms with van der Waals surface area (Å²) in [4.78, 5) is 23.1. The summed E-state index contributed by atoms with van der Waals surface area (Å²) in [5.74, 6) is 0.0387. The Kier molecular flexibility index (Phi) is 5.64. The molecule has 2 amide bonds. The van der Waals surface area contributed by atoms with E-state index in [0.29, 0.717) is 24.3 Å². The number of carbonyl (C=O) groups excluding carboxylic acids is 2. The normalized spacial score (nSPS) is 15.3. The van der Waals surface area contributed by atoms with Crippen molar-refractivity contribution in [1.82, 2.24) is 5.32 Å². The molecule has 7 heteroatoms. The number of hydrogen-bond acceptors (Lipinski definition) is 5. The van der Waals surface area contributed by atoms with Gasteiger partial charge >= 0.3 is 0 Å². The number of nitrogens with zero attached hydrogens (tertiary/aromatic N) is 1. The Hall–Kier alpha value is -2.75. The molecule has 0 heterocycles. The molecule has 1 aromatic carbocycles. The Morgan fingerprint density at radius 1 is 1.33 bits per heavy atom. The van der Waals surface area contributed by atoms with Crippen LogP contribution in [-0.4, -0.2) is 25.5 Å². The number of carbonyl (C=O) groups is 2. The van der Waals surface area contributed by atoms with Crippen molar-refractivity contribution >= 4 is 11.8 Å². The zero-order valence-corrected chi connectivity index (χ0v) is 13.6. The number of rotatable bonds is 7. The molecule has 0 saturated heterocycles. The largest absolute Gasteiger partial charge is 0.493 e. The molecule has 0 radical (unpaired) electrons. The lowest BCUT2D eigenvalue weighted by molar-refractivity contribution is -0.128. The second kappa shape index (κ2) is 7.68. The highest BCUT2D eigenvalue weighted by Crippen LogP contribution is 2.37. The standard InChI is InChI=1S/C17H21N3O4/c1-23-14-8-12(4-5-13(14)24-10-15(19)21)9-20-16(22)17(11-18)6-2-3-7-17/h4-5,8H,2-3,6-7,9-10H2,1H3,(H2,19,21)(H,20,22). The first kappa shape index (κ1) is 17.6. The highest BCUT2D eigenvalue weighted by atomic mass is 16.5. The van der Waals surface area contributed by atoms with Crippen molar-refractivity contribution in [3.8, 4) is 17.6 Å². The summed E-state index contributed by atoms with van der Waals surface area (Å²) in [5, 5.41) is 12.1. The van der Waals surface area contributed by atoms with Gasteiger partial charge in [-0.25, -0.2) is 0 Å². The van der Waals surface area contributed by atoms with Gasteiger partial charge in [-0.05, 0) is 30.5 Å². The quantitative estimate of drug-likeness (QED) is 0.780. The highest BCUT2D eigenvalue weighted by Gasteiger charge is 2.41. The molecule has 1 saturated carbocycles. The Balaban J connectivity index is 2.01. The number of benzene rings is 1. The molecule has 0 atom stereocenters. The third-order valence-corrected chi connectivity index (χ3v) is 4.16. The van der Waals surface area contributed by atoms with E-state index >= 15 is 0 Å². The molecule has 0 aliphatic heterocycles. The Labute approximate surface area is 140 Å². The fraction of sp³-hybridized carbons (Fsp3) is 0.471. The molecule has 24 heavy (non-hydrogen) atoms. The first-order valence-electron chi connectivity index (χ1n) is 7.78. The second-order valence-corrected chi connectivity index (χ2v) is 5.82. The van der Waals surface area contributed by atoms with Crippen molar-refractivity contribution in [2.24, 2.45) is 11.1 Å². The van der Waals surface area contributed by atoms with E-state index in [1.165, 1.54) is 7.11 Å². The van der Waals surface area contributed by atoms with Crippen LogP contribution in [0.4, 0.5) is 0 Å². The monoisotopic (exact) mass is 331 g/mol. The summed E-state index contributed by atoms with van der Waals surface area (Å²) in [6.45, 7) is 0.0475. The summed E-state index contributed by atoms with van der Waals surface area (Å²) in [6, 6.07) is 7.29. The fourth-order valence-electron chi connectivity index (χ4n) is 2.81. The number of hydrogen-bond donors (Lipinski definition) is 2. The average molecular weight is 331 g/mol. The van der Waals surface area contributed by atoms with Gasteiger partial charge in [0.2, 0.25) is 5.91 Å². The van der Waals surface area contributed by atoms with E-state index in [9.17, 15) is 14.9 Å². The van der Waals surface area contributed by atoms with Crippen LogP contribution in [0.15, 0.2) is 18.2 Å². The van der Waals surface area contributed by atoms with Gasteiger partial charge in [-0.2, -0.15) is 5.26 Å². The molecule has 7 nitrogen and oxygen atoms in total. The number of nitrogens with one attached hydrogen (secondary N) is 1. The van der Waals surface area contributed by atoms with Crippen LogP contribution < -0.4 is 20.5 Å². The first-order chi connectivity index (χ1) is 11.5. The SMILES string of the molecule is COc1cc(CNC(=O)C2(C#N)CCCC2)ccc1OCC(N)=O. The predicted octanol–water partition coefficient (Wildman–Crippen LogP) is 1.26. The van der Waals surface area contributed by atoms with Gasteiger partial charge < -0.3 is 20.5 Å². The zero-order valence-electron chi connectivity index (χ0n) is 13.6. The molecule has 3 N–H and O–H groups in total. The number of methoxy groups -OCH3 is 1. The Morgan fingerprint density at radius 3 is 2.62 bits per heavy atom. The molecule has 0 unspecified atom stereocenters. The average Bonchev–Trinajstić information content (AvgIpc) is 3.08. The summed E-state index contributed by atoms with van der Waals surface area (Å²) < 4.78 is 10.5. The van der Waals surface area contributed by atoms with E-state index in [1.807, 2.05) is 0 Å². The Bertz CT molecular complexity index is 660. The van der Waals surface area contributed by atoms with Crippen molar-refractivity contribution in [3.05, 3.63) is 23.8 Å². The maximum absolute atomic E-state index is 12.3. The van der Waals surface area contributed by atoms with Gasteiger partial charge in [-0.3, -0.25) is 9.59 Å². The van der Waals surface area contributed by atoms with Gasteiger partial charge in [0.1, 0.15) is 5.41 Å². The summed E-state index contributed by atoms with van der Waals surface area (Å²) in [5.41, 5.74) is 4.96. The molecule has 0 bridgehead atoms. The van der Waals surface area contributed by atoms with Crippen molar-refractivity contribution in [2.75, 3.05) is 13.7 Å². The van der Waals surface area contributed by atoms with Crippen molar-refractivity contribution in [1.29, 1.82) is 5.26 Å². The third kappa shape index (κ3) is 3.96. The number of ether oxygens (including phenoxy) is 2. The van der Waals surface area contributed by atoms with Crippen LogP contribution in [0.2, 0.25) is 0 Å². The third-order valence-electron chi connectivity index (χ3n) is 4.16. The van der Waals surface area contributed by atoms with Gasteiger partial charge in [0.25, 0.3) is 5.91 Å². The van der Waals surface area contributed by atoms with Gasteiger partial charge in [0.15, 0.2) is 18.1 Å². The van der Waals surface area contributed by atoms with Gasteiger partial charge in [0, 0.05) is 6.54 Å². The first-order valence-corrected chi connectivity index (χ1v) is 7.78.